The zero-order valence-electron chi connectivity index (χ0n) is 11.0. The van der Waals surface area contributed by atoms with Crippen LogP contribution in [0.25, 0.3) is 22.4 Å². The summed E-state index contributed by atoms with van der Waals surface area (Å²) in [6.45, 7) is 0.0456. The molecule has 0 atom stereocenters. The van der Waals surface area contributed by atoms with E-state index in [1.165, 1.54) is 0 Å². The summed E-state index contributed by atoms with van der Waals surface area (Å²) >= 11 is 0. The van der Waals surface area contributed by atoms with E-state index in [4.69, 9.17) is 0 Å². The molecule has 98 valence electrons. The molecule has 1 aromatic heterocycles. The van der Waals surface area contributed by atoms with Gasteiger partial charge in [-0.1, -0.05) is 48.5 Å². The first kappa shape index (κ1) is 12.6. The molecule has 3 aromatic rings. The Bertz CT molecular complexity index is 707. The average Bonchev–Trinajstić information content (AvgIpc) is 2.56. The molecule has 2 heteroatoms. The summed E-state index contributed by atoms with van der Waals surface area (Å²) in [6, 6.07) is 22.0. The van der Waals surface area contributed by atoms with Gasteiger partial charge in [-0.3, -0.25) is 4.98 Å². The minimum atomic E-state index is 0.0456. The van der Waals surface area contributed by atoms with E-state index in [0.29, 0.717) is 0 Å². The van der Waals surface area contributed by atoms with Crippen molar-refractivity contribution in [2.24, 2.45) is 0 Å². The van der Waals surface area contributed by atoms with Crippen molar-refractivity contribution in [3.8, 4) is 22.4 Å². The van der Waals surface area contributed by atoms with Gasteiger partial charge < -0.3 is 5.11 Å². The molecule has 0 saturated heterocycles. The van der Waals surface area contributed by atoms with Crippen LogP contribution >= 0.6 is 0 Å². The maximum Gasteiger partial charge on any atom is 0.0702 e. The Hall–Kier alpha value is -2.45. The largest absolute Gasteiger partial charge is 0.392 e. The molecule has 3 rings (SSSR count). The molecule has 0 aliphatic carbocycles. The van der Waals surface area contributed by atoms with Gasteiger partial charge in [0, 0.05) is 11.8 Å². The lowest BCUT2D eigenvalue weighted by Crippen LogP contribution is -1.89. The molecule has 0 spiro atoms. The van der Waals surface area contributed by atoms with Gasteiger partial charge >= 0.3 is 0 Å². The number of rotatable bonds is 3. The quantitative estimate of drug-likeness (QED) is 0.775. The molecule has 0 radical (unpaired) electrons. The van der Waals surface area contributed by atoms with Crippen LogP contribution in [-0.2, 0) is 6.61 Å². The Balaban J connectivity index is 2.08. The van der Waals surface area contributed by atoms with Crippen molar-refractivity contribution in [3.05, 3.63) is 78.5 Å². The molecular weight excluding hydrogens is 246 g/mol. The molecule has 0 aliphatic rings. The van der Waals surface area contributed by atoms with Crippen molar-refractivity contribution in [1.82, 2.24) is 4.98 Å². The fourth-order valence-corrected chi connectivity index (χ4v) is 2.32. The summed E-state index contributed by atoms with van der Waals surface area (Å²) in [5, 5.41) is 9.45. The van der Waals surface area contributed by atoms with Gasteiger partial charge in [0.15, 0.2) is 0 Å². The lowest BCUT2D eigenvalue weighted by molar-refractivity contribution is 0.282. The average molecular weight is 261 g/mol. The molecule has 20 heavy (non-hydrogen) atoms. The maximum absolute atomic E-state index is 9.45. The van der Waals surface area contributed by atoms with Crippen molar-refractivity contribution >= 4 is 0 Å². The van der Waals surface area contributed by atoms with Crippen LogP contribution in [0, 0.1) is 0 Å². The minimum absolute atomic E-state index is 0.0456. The van der Waals surface area contributed by atoms with Crippen molar-refractivity contribution in [3.63, 3.8) is 0 Å². The molecule has 1 N–H and O–H groups in total. The molecule has 0 unspecified atom stereocenters. The van der Waals surface area contributed by atoms with Gasteiger partial charge in [-0.25, -0.2) is 0 Å². The Labute approximate surface area is 118 Å². The third-order valence-corrected chi connectivity index (χ3v) is 3.32. The monoisotopic (exact) mass is 261 g/mol. The van der Waals surface area contributed by atoms with E-state index in [1.54, 1.807) is 6.20 Å². The van der Waals surface area contributed by atoms with Crippen LogP contribution in [0.5, 0.6) is 0 Å². The standard InChI is InChI=1S/C18H15NO/c20-13-16-6-1-2-9-17(16)14-7-5-8-15(12-14)18-10-3-4-11-19-18/h1-12,20H,13H2. The third-order valence-electron chi connectivity index (χ3n) is 3.32. The highest BCUT2D eigenvalue weighted by atomic mass is 16.3. The lowest BCUT2D eigenvalue weighted by Gasteiger charge is -2.09. The van der Waals surface area contributed by atoms with Crippen LogP contribution in [0.1, 0.15) is 5.56 Å². The summed E-state index contributed by atoms with van der Waals surface area (Å²) in [7, 11) is 0. The summed E-state index contributed by atoms with van der Waals surface area (Å²) in [5.41, 5.74) is 5.13. The lowest BCUT2D eigenvalue weighted by atomic mass is 9.97. The normalized spacial score (nSPS) is 10.4. The number of nitrogens with zero attached hydrogens (tertiary/aromatic N) is 1. The van der Waals surface area contributed by atoms with Gasteiger partial charge in [-0.05, 0) is 34.9 Å². The second-order valence-corrected chi connectivity index (χ2v) is 4.61. The van der Waals surface area contributed by atoms with Crippen LogP contribution in [0.3, 0.4) is 0 Å². The summed E-state index contributed by atoms with van der Waals surface area (Å²) in [5.74, 6) is 0. The number of benzene rings is 2. The summed E-state index contributed by atoms with van der Waals surface area (Å²) < 4.78 is 0. The third kappa shape index (κ3) is 2.46. The zero-order valence-corrected chi connectivity index (χ0v) is 11.0. The smallest absolute Gasteiger partial charge is 0.0702 e. The SMILES string of the molecule is OCc1ccccc1-c1cccc(-c2ccccn2)c1. The van der Waals surface area contributed by atoms with E-state index >= 15 is 0 Å². The van der Waals surface area contributed by atoms with E-state index in [-0.39, 0.29) is 6.61 Å². The molecule has 2 nitrogen and oxygen atoms in total. The molecule has 1 heterocycles. The van der Waals surface area contributed by atoms with Gasteiger partial charge in [0.25, 0.3) is 0 Å². The highest BCUT2D eigenvalue weighted by molar-refractivity contribution is 5.73. The van der Waals surface area contributed by atoms with E-state index in [2.05, 4.69) is 17.1 Å². The second kappa shape index (κ2) is 5.68. The van der Waals surface area contributed by atoms with Crippen molar-refractivity contribution < 1.29 is 5.11 Å². The topological polar surface area (TPSA) is 33.1 Å². The van der Waals surface area contributed by atoms with Crippen LogP contribution in [0.2, 0.25) is 0 Å². The first-order chi connectivity index (χ1) is 9.88. The Morgan fingerprint density at radius 3 is 2.40 bits per heavy atom. The van der Waals surface area contributed by atoms with Gasteiger partial charge in [0.05, 0.1) is 12.3 Å². The Morgan fingerprint density at radius 1 is 0.800 bits per heavy atom. The minimum Gasteiger partial charge on any atom is -0.392 e. The number of aliphatic hydroxyl groups excluding tert-OH is 1. The van der Waals surface area contributed by atoms with Crippen LogP contribution < -0.4 is 0 Å². The molecule has 0 aliphatic heterocycles. The van der Waals surface area contributed by atoms with Gasteiger partial charge in [-0.2, -0.15) is 0 Å². The fourth-order valence-electron chi connectivity index (χ4n) is 2.32. The van der Waals surface area contributed by atoms with E-state index < -0.39 is 0 Å². The van der Waals surface area contributed by atoms with Crippen LogP contribution in [0.15, 0.2) is 72.9 Å². The maximum atomic E-state index is 9.45. The first-order valence-electron chi connectivity index (χ1n) is 6.59. The highest BCUT2D eigenvalue weighted by Gasteiger charge is 2.05. The van der Waals surface area contributed by atoms with Gasteiger partial charge in [-0.15, -0.1) is 0 Å². The fraction of sp³-hybridized carbons (Fsp3) is 0.0556. The van der Waals surface area contributed by atoms with Crippen molar-refractivity contribution in [2.45, 2.75) is 6.61 Å². The predicted octanol–water partition coefficient (Wildman–Crippen LogP) is 3.91. The van der Waals surface area contributed by atoms with Crippen molar-refractivity contribution in [1.29, 1.82) is 0 Å². The molecule has 0 bridgehead atoms. The zero-order chi connectivity index (χ0) is 13.8. The van der Waals surface area contributed by atoms with Crippen LogP contribution in [0.4, 0.5) is 0 Å². The Morgan fingerprint density at radius 2 is 1.60 bits per heavy atom. The summed E-state index contributed by atoms with van der Waals surface area (Å²) in [6.07, 6.45) is 1.80. The highest BCUT2D eigenvalue weighted by Crippen LogP contribution is 2.27. The van der Waals surface area contributed by atoms with Gasteiger partial charge in [0.1, 0.15) is 0 Å². The van der Waals surface area contributed by atoms with E-state index in [1.807, 2.05) is 54.6 Å². The van der Waals surface area contributed by atoms with Gasteiger partial charge in [0.2, 0.25) is 0 Å². The molecule has 0 amide bonds. The molecule has 0 fully saturated rings. The number of pyridine rings is 1. The van der Waals surface area contributed by atoms with E-state index in [0.717, 1.165) is 27.9 Å². The van der Waals surface area contributed by atoms with E-state index in [9.17, 15) is 5.11 Å². The number of hydrogen-bond donors (Lipinski definition) is 1. The first-order valence-corrected chi connectivity index (χ1v) is 6.59. The number of aliphatic hydroxyl groups is 1. The molecule has 0 saturated carbocycles. The number of hydrogen-bond acceptors (Lipinski definition) is 2. The molecule has 2 aromatic carbocycles. The predicted molar refractivity (Wildman–Crippen MR) is 81.0 cm³/mol. The summed E-state index contributed by atoms with van der Waals surface area (Å²) in [4.78, 5) is 4.38. The Kier molecular flexibility index (Phi) is 3.57. The molecular formula is C18H15NO. The number of aromatic nitrogens is 1. The van der Waals surface area contributed by atoms with Crippen molar-refractivity contribution in [2.75, 3.05) is 0 Å². The second-order valence-electron chi connectivity index (χ2n) is 4.61. The van der Waals surface area contributed by atoms with Crippen LogP contribution in [-0.4, -0.2) is 10.1 Å².